The van der Waals surface area contributed by atoms with E-state index in [2.05, 4.69) is 22.5 Å². The van der Waals surface area contributed by atoms with Gasteiger partial charge in [0.05, 0.1) is 6.04 Å². The van der Waals surface area contributed by atoms with Crippen LogP contribution in [0, 0.1) is 5.92 Å². The Balaban J connectivity index is 2.38. The first-order valence-corrected chi connectivity index (χ1v) is 7.79. The average molecular weight is 269 g/mol. The van der Waals surface area contributed by atoms with Gasteiger partial charge in [-0.15, -0.1) is 0 Å². The maximum Gasteiger partial charge on any atom is 0.237 e. The van der Waals surface area contributed by atoms with Crippen LogP contribution in [0.4, 0.5) is 0 Å². The monoisotopic (exact) mass is 269 g/mol. The van der Waals surface area contributed by atoms with Crippen molar-refractivity contribution in [2.24, 2.45) is 5.92 Å². The van der Waals surface area contributed by atoms with Gasteiger partial charge in [-0.1, -0.05) is 6.92 Å². The Hall–Kier alpha value is -0.610. The van der Waals surface area contributed by atoms with E-state index in [1.165, 1.54) is 19.3 Å². The molecule has 4 nitrogen and oxygen atoms in total. The predicted octanol–water partition coefficient (Wildman–Crippen LogP) is 1.61. The van der Waals surface area contributed by atoms with Gasteiger partial charge < -0.3 is 10.6 Å². The molecule has 0 radical (unpaired) electrons. The van der Waals surface area contributed by atoms with Crippen molar-refractivity contribution in [2.75, 3.05) is 26.2 Å². The fourth-order valence-electron chi connectivity index (χ4n) is 2.67. The molecule has 0 aromatic heterocycles. The van der Waals surface area contributed by atoms with Crippen molar-refractivity contribution < 1.29 is 4.79 Å². The summed E-state index contributed by atoms with van der Waals surface area (Å²) in [4.78, 5) is 14.4. The number of likely N-dealkylation sites (tertiary alicyclic amines) is 1. The number of nitrogens with zero attached hydrogens (tertiary/aromatic N) is 1. The molecule has 0 aromatic rings. The lowest BCUT2D eigenvalue weighted by atomic mass is 9.96. The van der Waals surface area contributed by atoms with Crippen molar-refractivity contribution in [2.45, 2.75) is 59.0 Å². The number of carbonyl (C=O) groups excluding carboxylic acids is 1. The lowest BCUT2D eigenvalue weighted by molar-refractivity contribution is -0.127. The molecular weight excluding hydrogens is 238 g/mol. The molecule has 1 amide bonds. The Morgan fingerprint density at radius 1 is 1.37 bits per heavy atom. The summed E-state index contributed by atoms with van der Waals surface area (Å²) in [5, 5.41) is 6.51. The molecule has 1 saturated heterocycles. The van der Waals surface area contributed by atoms with E-state index in [1.807, 2.05) is 20.8 Å². The Morgan fingerprint density at radius 3 is 2.74 bits per heavy atom. The van der Waals surface area contributed by atoms with E-state index in [0.29, 0.717) is 5.92 Å². The van der Waals surface area contributed by atoms with Gasteiger partial charge in [0.25, 0.3) is 0 Å². The maximum absolute atomic E-state index is 12.1. The van der Waals surface area contributed by atoms with Crippen molar-refractivity contribution in [3.8, 4) is 0 Å². The topological polar surface area (TPSA) is 44.4 Å². The zero-order valence-corrected chi connectivity index (χ0v) is 13.0. The van der Waals surface area contributed by atoms with Gasteiger partial charge in [0.2, 0.25) is 5.91 Å². The highest BCUT2D eigenvalue weighted by atomic mass is 16.2. The summed E-state index contributed by atoms with van der Waals surface area (Å²) in [5.41, 5.74) is 0. The quantitative estimate of drug-likeness (QED) is 0.690. The van der Waals surface area contributed by atoms with E-state index >= 15 is 0 Å². The van der Waals surface area contributed by atoms with Crippen molar-refractivity contribution in [1.29, 1.82) is 0 Å². The summed E-state index contributed by atoms with van der Waals surface area (Å²) in [5.74, 6) is 0.853. The Labute approximate surface area is 118 Å². The summed E-state index contributed by atoms with van der Waals surface area (Å²) in [6, 6.07) is 0.220. The van der Waals surface area contributed by atoms with Gasteiger partial charge in [0.15, 0.2) is 0 Å². The zero-order chi connectivity index (χ0) is 14.3. The molecule has 0 aliphatic carbocycles. The third-order valence-electron chi connectivity index (χ3n) is 3.77. The van der Waals surface area contributed by atoms with Crippen LogP contribution in [-0.2, 0) is 4.79 Å². The molecule has 0 spiro atoms. The van der Waals surface area contributed by atoms with Gasteiger partial charge in [-0.25, -0.2) is 0 Å². The second kappa shape index (κ2) is 8.54. The predicted molar refractivity (Wildman–Crippen MR) is 80.2 cm³/mol. The van der Waals surface area contributed by atoms with Crippen molar-refractivity contribution in [3.05, 3.63) is 0 Å². The van der Waals surface area contributed by atoms with Crippen LogP contribution in [-0.4, -0.2) is 49.1 Å². The van der Waals surface area contributed by atoms with E-state index in [-0.39, 0.29) is 18.0 Å². The van der Waals surface area contributed by atoms with Crippen LogP contribution in [0.3, 0.4) is 0 Å². The Kier molecular flexibility index (Phi) is 7.39. The summed E-state index contributed by atoms with van der Waals surface area (Å²) in [7, 11) is 0. The maximum atomic E-state index is 12.1. The number of hydrogen-bond acceptors (Lipinski definition) is 3. The highest BCUT2D eigenvalue weighted by Gasteiger charge is 2.27. The lowest BCUT2D eigenvalue weighted by Gasteiger charge is -2.36. The van der Waals surface area contributed by atoms with Crippen LogP contribution < -0.4 is 10.6 Å². The summed E-state index contributed by atoms with van der Waals surface area (Å²) in [6.45, 7) is 12.5. The first-order chi connectivity index (χ1) is 9.04. The summed E-state index contributed by atoms with van der Waals surface area (Å²) >= 11 is 0. The molecule has 1 aliphatic heterocycles. The average Bonchev–Trinajstić information content (AvgIpc) is 2.38. The summed E-state index contributed by atoms with van der Waals surface area (Å²) < 4.78 is 0. The summed E-state index contributed by atoms with van der Waals surface area (Å²) in [6.07, 6.45) is 3.67. The first-order valence-electron chi connectivity index (χ1n) is 7.79. The molecule has 0 aromatic carbocycles. The molecular formula is C15H31N3O. The lowest BCUT2D eigenvalue weighted by Crippen LogP contribution is -2.51. The van der Waals surface area contributed by atoms with E-state index in [0.717, 1.165) is 26.2 Å². The molecule has 0 bridgehead atoms. The molecule has 1 rings (SSSR count). The van der Waals surface area contributed by atoms with E-state index in [1.54, 1.807) is 0 Å². The highest BCUT2D eigenvalue weighted by molar-refractivity contribution is 5.81. The minimum absolute atomic E-state index is 0.00336. The van der Waals surface area contributed by atoms with Crippen molar-refractivity contribution in [3.63, 3.8) is 0 Å². The van der Waals surface area contributed by atoms with Crippen molar-refractivity contribution >= 4 is 5.91 Å². The minimum Gasteiger partial charge on any atom is -0.353 e. The number of hydrogen-bond donors (Lipinski definition) is 2. The van der Waals surface area contributed by atoms with Crippen LogP contribution in [0.1, 0.15) is 47.0 Å². The SMILES string of the molecule is CCCNCC1CCCN(C(C)C(=O)NC(C)C)C1. The normalized spacial score (nSPS) is 22.5. The second-order valence-corrected chi connectivity index (χ2v) is 6.05. The van der Waals surface area contributed by atoms with Crippen LogP contribution in [0.2, 0.25) is 0 Å². The van der Waals surface area contributed by atoms with Crippen LogP contribution >= 0.6 is 0 Å². The number of carbonyl (C=O) groups is 1. The van der Waals surface area contributed by atoms with Gasteiger partial charge in [-0.2, -0.15) is 0 Å². The molecule has 19 heavy (non-hydrogen) atoms. The molecule has 4 heteroatoms. The zero-order valence-electron chi connectivity index (χ0n) is 13.0. The largest absolute Gasteiger partial charge is 0.353 e. The number of rotatable bonds is 7. The molecule has 1 aliphatic rings. The van der Waals surface area contributed by atoms with Crippen LogP contribution in [0.15, 0.2) is 0 Å². The standard InChI is InChI=1S/C15H31N3O/c1-5-8-16-10-14-7-6-9-18(11-14)13(4)15(19)17-12(2)3/h12-14,16H,5-11H2,1-4H3,(H,17,19). The fourth-order valence-corrected chi connectivity index (χ4v) is 2.67. The highest BCUT2D eigenvalue weighted by Crippen LogP contribution is 2.18. The number of amides is 1. The number of nitrogens with one attached hydrogen (secondary N) is 2. The third-order valence-corrected chi connectivity index (χ3v) is 3.77. The van der Waals surface area contributed by atoms with Gasteiger partial charge in [-0.05, 0) is 65.6 Å². The van der Waals surface area contributed by atoms with Crippen molar-refractivity contribution in [1.82, 2.24) is 15.5 Å². The minimum atomic E-state index is -0.00336. The molecule has 2 N–H and O–H groups in total. The van der Waals surface area contributed by atoms with Gasteiger partial charge >= 0.3 is 0 Å². The molecule has 0 saturated carbocycles. The number of piperidine rings is 1. The Bertz CT molecular complexity index is 268. The second-order valence-electron chi connectivity index (χ2n) is 6.05. The molecule has 2 unspecified atom stereocenters. The smallest absolute Gasteiger partial charge is 0.237 e. The molecule has 1 fully saturated rings. The fraction of sp³-hybridized carbons (Fsp3) is 0.933. The molecule has 1 heterocycles. The van der Waals surface area contributed by atoms with E-state index < -0.39 is 0 Å². The molecule has 2 atom stereocenters. The first kappa shape index (κ1) is 16.4. The van der Waals surface area contributed by atoms with E-state index in [4.69, 9.17) is 0 Å². The van der Waals surface area contributed by atoms with Gasteiger partial charge in [-0.3, -0.25) is 9.69 Å². The third kappa shape index (κ3) is 5.91. The Morgan fingerprint density at radius 2 is 2.11 bits per heavy atom. The van der Waals surface area contributed by atoms with Crippen LogP contribution in [0.25, 0.3) is 0 Å². The molecule has 112 valence electrons. The van der Waals surface area contributed by atoms with Gasteiger partial charge in [0.1, 0.15) is 0 Å². The van der Waals surface area contributed by atoms with Gasteiger partial charge in [0, 0.05) is 12.6 Å². The van der Waals surface area contributed by atoms with Crippen LogP contribution in [0.5, 0.6) is 0 Å². The van der Waals surface area contributed by atoms with E-state index in [9.17, 15) is 4.79 Å².